The summed E-state index contributed by atoms with van der Waals surface area (Å²) in [6.07, 6.45) is 1.47. The van der Waals surface area contributed by atoms with Crippen molar-refractivity contribution in [3.63, 3.8) is 0 Å². The molecule has 1 aromatic heterocycles. The van der Waals surface area contributed by atoms with Gasteiger partial charge >= 0.3 is 6.18 Å². The number of halogens is 3. The number of likely N-dealkylation sites (tertiary alicyclic amines) is 1. The van der Waals surface area contributed by atoms with Gasteiger partial charge in [-0.15, -0.1) is 0 Å². The molecule has 8 nitrogen and oxygen atoms in total. The monoisotopic (exact) mass is 625 g/mol. The summed E-state index contributed by atoms with van der Waals surface area (Å²) in [5, 5.41) is 4.34. The average molecular weight is 626 g/mol. The number of nitrogens with two attached hydrogens (primary N) is 1. The molecule has 45 heavy (non-hydrogen) atoms. The molecule has 1 amide bonds. The van der Waals surface area contributed by atoms with Crippen LogP contribution in [0.15, 0.2) is 48.5 Å². The Morgan fingerprint density at radius 2 is 1.87 bits per heavy atom. The number of anilines is 2. The molecule has 2 aromatic carbocycles. The number of piperidine rings is 1. The van der Waals surface area contributed by atoms with E-state index in [1.807, 2.05) is 6.07 Å². The van der Waals surface area contributed by atoms with Gasteiger partial charge < -0.3 is 30.0 Å². The van der Waals surface area contributed by atoms with Gasteiger partial charge in [0.1, 0.15) is 6.54 Å². The number of primary amides is 1. The van der Waals surface area contributed by atoms with Crippen LogP contribution in [0.2, 0.25) is 0 Å². The Morgan fingerprint density at radius 3 is 2.56 bits per heavy atom. The topological polar surface area (TPSA) is 85.0 Å². The van der Waals surface area contributed by atoms with Crippen molar-refractivity contribution in [2.75, 3.05) is 44.6 Å². The number of alkyl halides is 3. The van der Waals surface area contributed by atoms with Gasteiger partial charge in [-0.25, -0.2) is 0 Å². The lowest BCUT2D eigenvalue weighted by Crippen LogP contribution is -2.47. The summed E-state index contributed by atoms with van der Waals surface area (Å²) in [5.74, 6) is 5.37. The second-order valence-electron chi connectivity index (χ2n) is 12.0. The van der Waals surface area contributed by atoms with E-state index in [1.165, 1.54) is 11.7 Å². The van der Waals surface area contributed by atoms with E-state index >= 15 is 0 Å². The molecule has 1 saturated carbocycles. The number of ether oxygens (including phenoxy) is 2. The van der Waals surface area contributed by atoms with Crippen LogP contribution in [0.4, 0.5) is 24.5 Å². The van der Waals surface area contributed by atoms with Crippen LogP contribution in [-0.4, -0.2) is 80.3 Å². The Morgan fingerprint density at radius 1 is 1.11 bits per heavy atom. The summed E-state index contributed by atoms with van der Waals surface area (Å²) in [6.45, 7) is 0.925. The molecule has 0 spiro atoms. The van der Waals surface area contributed by atoms with Gasteiger partial charge in [-0.2, -0.15) is 13.2 Å². The third kappa shape index (κ3) is 7.93. The van der Waals surface area contributed by atoms with Crippen molar-refractivity contribution in [1.29, 1.82) is 0 Å². The number of amides is 1. The van der Waals surface area contributed by atoms with Gasteiger partial charge in [0, 0.05) is 62.2 Å². The SMILES string of the molecule is CO[C@@H]1CCCN(C2CCC(Nc3cccc4c3cc(C#C[C@@H](OC)N(C)c3cccc(C(N)=O)c3)n4CC(F)(F)F)CC2)C1. The number of carbonyl (C=O) groups is 1. The van der Waals surface area contributed by atoms with Crippen molar-refractivity contribution in [2.24, 2.45) is 5.73 Å². The minimum Gasteiger partial charge on any atom is -0.382 e. The number of carbonyl (C=O) groups excluding carboxylic acids is 1. The van der Waals surface area contributed by atoms with E-state index in [1.54, 1.807) is 61.5 Å². The average Bonchev–Trinajstić information content (AvgIpc) is 3.38. The lowest BCUT2D eigenvalue weighted by Gasteiger charge is -2.41. The predicted molar refractivity (Wildman–Crippen MR) is 170 cm³/mol. The van der Waals surface area contributed by atoms with Crippen molar-refractivity contribution < 1.29 is 27.4 Å². The van der Waals surface area contributed by atoms with E-state index in [-0.39, 0.29) is 11.7 Å². The highest BCUT2D eigenvalue weighted by Crippen LogP contribution is 2.33. The molecule has 2 heterocycles. The fourth-order valence-electron chi connectivity index (χ4n) is 6.62. The third-order valence-electron chi connectivity index (χ3n) is 9.04. The largest absolute Gasteiger partial charge is 0.406 e. The van der Waals surface area contributed by atoms with Crippen molar-refractivity contribution in [2.45, 2.75) is 75.7 Å². The number of aromatic nitrogens is 1. The highest BCUT2D eigenvalue weighted by molar-refractivity contribution is 5.94. The number of nitrogens with zero attached hydrogens (tertiary/aromatic N) is 3. The van der Waals surface area contributed by atoms with Gasteiger partial charge in [0.05, 0.1) is 17.3 Å². The van der Waals surface area contributed by atoms with Crippen LogP contribution in [0.5, 0.6) is 0 Å². The number of methoxy groups -OCH3 is 2. The maximum atomic E-state index is 13.8. The second-order valence-corrected chi connectivity index (χ2v) is 12.0. The maximum absolute atomic E-state index is 13.8. The smallest absolute Gasteiger partial charge is 0.382 e. The molecule has 0 unspecified atom stereocenters. The minimum absolute atomic E-state index is 0.234. The normalized spacial score (nSPS) is 21.6. The number of fused-ring (bicyclic) bond motifs is 1. The molecule has 242 valence electrons. The van der Waals surface area contributed by atoms with Crippen LogP contribution in [0.25, 0.3) is 10.9 Å². The number of nitrogens with one attached hydrogen (secondary N) is 1. The summed E-state index contributed by atoms with van der Waals surface area (Å²) < 4.78 is 53.8. The Bertz CT molecular complexity index is 1540. The maximum Gasteiger partial charge on any atom is 0.406 e. The summed E-state index contributed by atoms with van der Waals surface area (Å²) >= 11 is 0. The van der Waals surface area contributed by atoms with Gasteiger partial charge in [0.15, 0.2) is 6.23 Å². The Labute approximate surface area is 262 Å². The molecule has 3 aromatic rings. The van der Waals surface area contributed by atoms with Gasteiger partial charge in [0.25, 0.3) is 0 Å². The third-order valence-corrected chi connectivity index (χ3v) is 9.04. The van der Waals surface area contributed by atoms with Crippen LogP contribution in [0.3, 0.4) is 0 Å². The first-order valence-electron chi connectivity index (χ1n) is 15.5. The van der Waals surface area contributed by atoms with Crippen molar-refractivity contribution in [3.05, 3.63) is 59.8 Å². The van der Waals surface area contributed by atoms with Crippen LogP contribution >= 0.6 is 0 Å². The zero-order valence-electron chi connectivity index (χ0n) is 26.1. The molecule has 2 atom stereocenters. The fourth-order valence-corrected chi connectivity index (χ4v) is 6.62. The summed E-state index contributed by atoms with van der Waals surface area (Å²) in [7, 11) is 4.99. The number of hydrogen-bond acceptors (Lipinski definition) is 6. The van der Waals surface area contributed by atoms with Gasteiger partial charge in [-0.05, 0) is 93.3 Å². The second kappa shape index (κ2) is 14.1. The molecule has 0 bridgehead atoms. The minimum atomic E-state index is -4.44. The van der Waals surface area contributed by atoms with Crippen LogP contribution in [-0.2, 0) is 16.0 Å². The highest BCUT2D eigenvalue weighted by atomic mass is 19.4. The highest BCUT2D eigenvalue weighted by Gasteiger charge is 2.31. The Hall–Kier alpha value is -3.72. The Balaban J connectivity index is 1.37. The van der Waals surface area contributed by atoms with Crippen LogP contribution < -0.4 is 16.0 Å². The molecule has 11 heteroatoms. The quantitative estimate of drug-likeness (QED) is 0.238. The van der Waals surface area contributed by atoms with E-state index in [2.05, 4.69) is 22.1 Å². The van der Waals surface area contributed by atoms with E-state index in [0.29, 0.717) is 34.3 Å². The predicted octanol–water partition coefficient (Wildman–Crippen LogP) is 5.60. The number of benzene rings is 2. The first-order chi connectivity index (χ1) is 21.6. The molecule has 2 fully saturated rings. The molecular formula is C34H42F3N5O3. The van der Waals surface area contributed by atoms with E-state index in [9.17, 15) is 18.0 Å². The van der Waals surface area contributed by atoms with Crippen molar-refractivity contribution in [1.82, 2.24) is 9.47 Å². The zero-order valence-corrected chi connectivity index (χ0v) is 26.1. The first-order valence-corrected chi connectivity index (χ1v) is 15.5. The molecule has 0 radical (unpaired) electrons. The first kappa shape index (κ1) is 32.7. The summed E-state index contributed by atoms with van der Waals surface area (Å²) in [5.41, 5.74) is 7.88. The Kier molecular flexibility index (Phi) is 10.3. The molecule has 1 saturated heterocycles. The number of rotatable bonds is 9. The summed E-state index contributed by atoms with van der Waals surface area (Å²) in [4.78, 5) is 15.9. The van der Waals surface area contributed by atoms with Crippen LogP contribution in [0.1, 0.15) is 54.6 Å². The van der Waals surface area contributed by atoms with E-state index in [4.69, 9.17) is 15.2 Å². The van der Waals surface area contributed by atoms with E-state index in [0.717, 1.165) is 57.3 Å². The molecule has 1 aliphatic heterocycles. The molecular weight excluding hydrogens is 583 g/mol. The molecule has 2 aliphatic rings. The molecule has 3 N–H and O–H groups in total. The van der Waals surface area contributed by atoms with Gasteiger partial charge in [-0.1, -0.05) is 12.1 Å². The lowest BCUT2D eigenvalue weighted by atomic mass is 9.88. The standard InChI is InChI=1S/C34H42F3N5O3/c1-40(26-8-4-7-23(19-26)33(38)43)32(45-3)17-16-27-20-29-30(10-5-11-31(29)42(27)22-34(35,36)37)39-24-12-14-25(15-13-24)41-18-6-9-28(21-41)44-2/h4-5,7-8,10-11,19-20,24-25,28,32,39H,6,9,12-15,18,21-22H2,1-3H3,(H2,38,43)/t24?,25?,28-,32-/m1/s1. The zero-order chi connectivity index (χ0) is 32.1. The van der Waals surface area contributed by atoms with Crippen LogP contribution in [0, 0.1) is 11.8 Å². The van der Waals surface area contributed by atoms with Crippen molar-refractivity contribution in [3.8, 4) is 11.8 Å². The van der Waals surface area contributed by atoms with Gasteiger partial charge in [0.2, 0.25) is 5.91 Å². The molecule has 5 rings (SSSR count). The van der Waals surface area contributed by atoms with E-state index < -0.39 is 24.9 Å². The summed E-state index contributed by atoms with van der Waals surface area (Å²) in [6, 6.07) is 14.6. The van der Waals surface area contributed by atoms with Crippen molar-refractivity contribution >= 4 is 28.2 Å². The molecule has 1 aliphatic carbocycles. The number of hydrogen-bond donors (Lipinski definition) is 2. The lowest BCUT2D eigenvalue weighted by molar-refractivity contribution is -0.140. The fraction of sp³-hybridized carbons (Fsp3) is 0.500. The van der Waals surface area contributed by atoms with Gasteiger partial charge in [-0.3, -0.25) is 9.69 Å².